The quantitative estimate of drug-likeness (QED) is 0.639. The Morgan fingerprint density at radius 2 is 1.60 bits per heavy atom. The fourth-order valence-corrected chi connectivity index (χ4v) is 2.20. The van der Waals surface area contributed by atoms with Gasteiger partial charge >= 0.3 is 6.18 Å². The van der Waals surface area contributed by atoms with Crippen LogP contribution < -0.4 is 0 Å². The largest absolute Gasteiger partial charge is 0.464 e. The Balaban J connectivity index is 1.88. The molecule has 0 aliphatic rings. The van der Waals surface area contributed by atoms with Crippen molar-refractivity contribution in [3.05, 3.63) is 71.5 Å². The van der Waals surface area contributed by atoms with Crippen molar-refractivity contribution in [2.45, 2.75) is 12.6 Å². The molecule has 2 aromatic carbocycles. The van der Waals surface area contributed by atoms with Gasteiger partial charge in [-0.2, -0.15) is 13.2 Å². The summed E-state index contributed by atoms with van der Waals surface area (Å²) < 4.78 is 42.9. The van der Waals surface area contributed by atoms with Crippen molar-refractivity contribution in [2.24, 2.45) is 0 Å². The van der Waals surface area contributed by atoms with E-state index in [2.05, 4.69) is 0 Å². The highest BCUT2D eigenvalue weighted by atomic mass is 19.4. The number of alkyl halides is 3. The third kappa shape index (κ3) is 2.41. The lowest BCUT2D eigenvalue weighted by Crippen LogP contribution is -2.04. The summed E-state index contributed by atoms with van der Waals surface area (Å²) >= 11 is 0. The first-order valence-corrected chi connectivity index (χ1v) is 6.15. The van der Waals surface area contributed by atoms with Gasteiger partial charge in [-0.25, -0.2) is 0 Å². The molecule has 3 aromatic rings. The lowest BCUT2D eigenvalue weighted by Gasteiger charge is -2.07. The highest BCUT2D eigenvalue weighted by Crippen LogP contribution is 2.30. The van der Waals surface area contributed by atoms with Crippen molar-refractivity contribution < 1.29 is 17.6 Å². The van der Waals surface area contributed by atoms with Gasteiger partial charge in [0.2, 0.25) is 0 Å². The van der Waals surface area contributed by atoms with E-state index in [0.717, 1.165) is 34.2 Å². The Labute approximate surface area is 113 Å². The van der Waals surface area contributed by atoms with Crippen molar-refractivity contribution in [3.8, 4) is 0 Å². The number of fused-ring (bicyclic) bond motifs is 1. The molecular formula is C16H11F3O. The normalized spacial score (nSPS) is 11.9. The molecule has 4 heteroatoms. The van der Waals surface area contributed by atoms with Crippen LogP contribution in [0, 0.1) is 0 Å². The molecule has 0 saturated carbocycles. The zero-order valence-corrected chi connectivity index (χ0v) is 10.4. The Morgan fingerprint density at radius 1 is 0.900 bits per heavy atom. The van der Waals surface area contributed by atoms with Crippen molar-refractivity contribution in [3.63, 3.8) is 0 Å². The monoisotopic (exact) mass is 276 g/mol. The van der Waals surface area contributed by atoms with Gasteiger partial charge in [0.25, 0.3) is 0 Å². The topological polar surface area (TPSA) is 13.1 Å². The van der Waals surface area contributed by atoms with Crippen molar-refractivity contribution in [1.82, 2.24) is 0 Å². The van der Waals surface area contributed by atoms with E-state index in [-0.39, 0.29) is 0 Å². The second-order valence-corrected chi connectivity index (χ2v) is 4.63. The molecule has 1 aromatic heterocycles. The maximum Gasteiger partial charge on any atom is 0.416 e. The standard InChI is InChI=1S/C16H11F3O/c17-16(18,19)13-7-5-11(6-8-13)9-12-10-20-15-4-2-1-3-14(12)15/h1-8,10H,9H2. The number of halogens is 3. The molecule has 1 heterocycles. The van der Waals surface area contributed by atoms with Crippen LogP contribution in [-0.4, -0.2) is 0 Å². The Bertz CT molecular complexity index is 723. The minimum absolute atomic E-state index is 0.551. The maximum absolute atomic E-state index is 12.5. The predicted molar refractivity (Wildman–Crippen MR) is 70.5 cm³/mol. The van der Waals surface area contributed by atoms with Crippen LogP contribution in [0.25, 0.3) is 11.0 Å². The third-order valence-electron chi connectivity index (χ3n) is 3.24. The summed E-state index contributed by atoms with van der Waals surface area (Å²) in [7, 11) is 0. The van der Waals surface area contributed by atoms with E-state index >= 15 is 0 Å². The molecule has 0 saturated heterocycles. The van der Waals surface area contributed by atoms with Gasteiger partial charge in [0.05, 0.1) is 11.8 Å². The molecule has 0 spiro atoms. The van der Waals surface area contributed by atoms with Crippen LogP contribution in [0.5, 0.6) is 0 Å². The summed E-state index contributed by atoms with van der Waals surface area (Å²) in [6, 6.07) is 12.8. The summed E-state index contributed by atoms with van der Waals surface area (Å²) in [5, 5.41) is 0.993. The first-order chi connectivity index (χ1) is 9.54. The van der Waals surface area contributed by atoms with Gasteiger partial charge in [0.15, 0.2) is 0 Å². The fraction of sp³-hybridized carbons (Fsp3) is 0.125. The first-order valence-electron chi connectivity index (χ1n) is 6.15. The molecule has 0 aliphatic carbocycles. The van der Waals surface area contributed by atoms with Gasteiger partial charge in [-0.3, -0.25) is 0 Å². The van der Waals surface area contributed by atoms with Crippen molar-refractivity contribution >= 4 is 11.0 Å². The molecule has 102 valence electrons. The molecule has 0 unspecified atom stereocenters. The van der Waals surface area contributed by atoms with Gasteiger partial charge in [0.1, 0.15) is 5.58 Å². The van der Waals surface area contributed by atoms with Crippen LogP contribution in [0.15, 0.2) is 59.2 Å². The second kappa shape index (κ2) is 4.71. The average molecular weight is 276 g/mol. The zero-order chi connectivity index (χ0) is 14.2. The smallest absolute Gasteiger partial charge is 0.416 e. The van der Waals surface area contributed by atoms with Gasteiger partial charge in [-0.15, -0.1) is 0 Å². The van der Waals surface area contributed by atoms with Gasteiger partial charge in [0, 0.05) is 17.4 Å². The fourth-order valence-electron chi connectivity index (χ4n) is 2.20. The molecule has 1 nitrogen and oxygen atoms in total. The molecule has 0 atom stereocenters. The molecule has 0 bridgehead atoms. The number of benzene rings is 2. The molecule has 0 N–H and O–H groups in total. The minimum Gasteiger partial charge on any atom is -0.464 e. The number of para-hydroxylation sites is 1. The van der Waals surface area contributed by atoms with E-state index in [0.29, 0.717) is 6.42 Å². The lowest BCUT2D eigenvalue weighted by atomic mass is 10.0. The number of rotatable bonds is 2. The van der Waals surface area contributed by atoms with Gasteiger partial charge < -0.3 is 4.42 Å². The molecule has 0 aliphatic heterocycles. The summed E-state index contributed by atoms with van der Waals surface area (Å²) in [6.45, 7) is 0. The van der Waals surface area contributed by atoms with E-state index in [1.165, 1.54) is 12.1 Å². The van der Waals surface area contributed by atoms with E-state index in [4.69, 9.17) is 4.42 Å². The highest BCUT2D eigenvalue weighted by molar-refractivity contribution is 5.81. The van der Waals surface area contributed by atoms with E-state index in [9.17, 15) is 13.2 Å². The Morgan fingerprint density at radius 3 is 2.30 bits per heavy atom. The second-order valence-electron chi connectivity index (χ2n) is 4.63. The average Bonchev–Trinajstić information content (AvgIpc) is 2.82. The zero-order valence-electron chi connectivity index (χ0n) is 10.4. The first kappa shape index (κ1) is 12.8. The van der Waals surface area contributed by atoms with Crippen LogP contribution in [0.1, 0.15) is 16.7 Å². The number of hydrogen-bond donors (Lipinski definition) is 0. The maximum atomic E-state index is 12.5. The summed E-state index contributed by atoms with van der Waals surface area (Å²) in [5.74, 6) is 0. The van der Waals surface area contributed by atoms with Gasteiger partial charge in [-0.05, 0) is 23.8 Å². The van der Waals surface area contributed by atoms with Crippen molar-refractivity contribution in [2.75, 3.05) is 0 Å². The summed E-state index contributed by atoms with van der Waals surface area (Å²) in [4.78, 5) is 0. The summed E-state index contributed by atoms with van der Waals surface area (Å²) in [6.07, 6.45) is -2.08. The Hall–Kier alpha value is -2.23. The number of furan rings is 1. The molecule has 0 radical (unpaired) electrons. The Kier molecular flexibility index (Phi) is 3.01. The predicted octanol–water partition coefficient (Wildman–Crippen LogP) is 5.04. The van der Waals surface area contributed by atoms with Crippen LogP contribution in [0.2, 0.25) is 0 Å². The molecule has 0 amide bonds. The molecule has 0 fully saturated rings. The molecular weight excluding hydrogens is 265 g/mol. The van der Waals surface area contributed by atoms with E-state index in [1.54, 1.807) is 6.26 Å². The van der Waals surface area contributed by atoms with Crippen molar-refractivity contribution in [1.29, 1.82) is 0 Å². The highest BCUT2D eigenvalue weighted by Gasteiger charge is 2.29. The molecule has 20 heavy (non-hydrogen) atoms. The molecule has 3 rings (SSSR count). The summed E-state index contributed by atoms with van der Waals surface area (Å²) in [5.41, 5.74) is 1.96. The SMILES string of the molecule is FC(F)(F)c1ccc(Cc2coc3ccccc23)cc1. The number of hydrogen-bond acceptors (Lipinski definition) is 1. The van der Waals surface area contributed by atoms with Crippen LogP contribution in [0.3, 0.4) is 0 Å². The van der Waals surface area contributed by atoms with E-state index in [1.807, 2.05) is 24.3 Å². The third-order valence-corrected chi connectivity index (χ3v) is 3.24. The van der Waals surface area contributed by atoms with Crippen LogP contribution >= 0.6 is 0 Å². The minimum atomic E-state index is -4.29. The van der Waals surface area contributed by atoms with Gasteiger partial charge in [-0.1, -0.05) is 30.3 Å². The van der Waals surface area contributed by atoms with E-state index < -0.39 is 11.7 Å². The van der Waals surface area contributed by atoms with Crippen LogP contribution in [0.4, 0.5) is 13.2 Å². The lowest BCUT2D eigenvalue weighted by molar-refractivity contribution is -0.137. The van der Waals surface area contributed by atoms with Crippen LogP contribution in [-0.2, 0) is 12.6 Å².